The summed E-state index contributed by atoms with van der Waals surface area (Å²) in [5, 5.41) is 3.08. The van der Waals surface area contributed by atoms with E-state index in [0.29, 0.717) is 4.88 Å². The van der Waals surface area contributed by atoms with Gasteiger partial charge in [-0.2, -0.15) is 0 Å². The number of thiophene rings is 1. The first-order chi connectivity index (χ1) is 12.6. The molecule has 3 rings (SSSR count). The van der Waals surface area contributed by atoms with Crippen LogP contribution in [0.15, 0.2) is 36.4 Å². The minimum absolute atomic E-state index is 0.0533. The van der Waals surface area contributed by atoms with Crippen LogP contribution in [0.1, 0.15) is 52.7 Å². The van der Waals surface area contributed by atoms with Crippen LogP contribution in [0.5, 0.6) is 0 Å². The molecule has 0 radical (unpaired) electrons. The number of amides is 2. The predicted molar refractivity (Wildman–Crippen MR) is 107 cm³/mol. The molecule has 4 nitrogen and oxygen atoms in total. The highest BCUT2D eigenvalue weighted by Gasteiger charge is 2.24. The summed E-state index contributed by atoms with van der Waals surface area (Å²) in [7, 11) is 0. The second kappa shape index (κ2) is 8.49. The summed E-state index contributed by atoms with van der Waals surface area (Å²) >= 11 is 1.46. The molecule has 2 aromatic rings. The molecular weight excluding hydrogens is 344 g/mol. The number of anilines is 1. The first kappa shape index (κ1) is 18.6. The third-order valence-corrected chi connectivity index (χ3v) is 5.86. The van der Waals surface area contributed by atoms with Crippen molar-refractivity contribution in [2.75, 3.05) is 11.4 Å². The largest absolute Gasteiger partial charge is 0.352 e. The van der Waals surface area contributed by atoms with E-state index in [0.717, 1.165) is 29.8 Å². The van der Waals surface area contributed by atoms with Gasteiger partial charge in [0.1, 0.15) is 6.54 Å². The second-order valence-electron chi connectivity index (χ2n) is 6.87. The number of hydrogen-bond acceptors (Lipinski definition) is 3. The minimum Gasteiger partial charge on any atom is -0.352 e. The first-order valence-electron chi connectivity index (χ1n) is 9.33. The maximum absolute atomic E-state index is 13.0. The Morgan fingerprint density at radius 3 is 2.38 bits per heavy atom. The lowest BCUT2D eigenvalue weighted by Gasteiger charge is -2.23. The van der Waals surface area contributed by atoms with Crippen molar-refractivity contribution in [3.63, 3.8) is 0 Å². The van der Waals surface area contributed by atoms with Gasteiger partial charge >= 0.3 is 0 Å². The Bertz CT molecular complexity index is 761. The molecule has 1 fully saturated rings. The molecule has 5 heteroatoms. The number of benzene rings is 1. The number of hydrogen-bond donors (Lipinski definition) is 1. The normalized spacial score (nSPS) is 14.4. The zero-order valence-electron chi connectivity index (χ0n) is 15.5. The van der Waals surface area contributed by atoms with Crippen molar-refractivity contribution in [3.05, 3.63) is 51.7 Å². The smallest absolute Gasteiger partial charge is 0.268 e. The van der Waals surface area contributed by atoms with Crippen molar-refractivity contribution in [3.8, 4) is 0 Å². The first-order valence-corrected chi connectivity index (χ1v) is 10.1. The fraction of sp³-hybridized carbons (Fsp3) is 0.429. The van der Waals surface area contributed by atoms with E-state index in [4.69, 9.17) is 0 Å². The molecule has 1 saturated carbocycles. The van der Waals surface area contributed by atoms with E-state index in [-0.39, 0.29) is 24.4 Å². The molecule has 1 N–H and O–H groups in total. The van der Waals surface area contributed by atoms with Crippen LogP contribution < -0.4 is 10.2 Å². The van der Waals surface area contributed by atoms with E-state index in [2.05, 4.69) is 12.2 Å². The number of rotatable bonds is 6. The lowest BCUT2D eigenvalue weighted by molar-refractivity contribution is -0.120. The minimum atomic E-state index is -0.117. The number of carbonyl (C=O) groups is 2. The molecule has 1 aromatic heterocycles. The van der Waals surface area contributed by atoms with Gasteiger partial charge in [0.2, 0.25) is 5.91 Å². The molecule has 0 spiro atoms. The quantitative estimate of drug-likeness (QED) is 0.823. The Hall–Kier alpha value is -2.14. The molecule has 26 heavy (non-hydrogen) atoms. The Balaban J connectivity index is 1.79. The highest BCUT2D eigenvalue weighted by atomic mass is 32.1. The average Bonchev–Trinajstić information content (AvgIpc) is 3.31. The lowest BCUT2D eigenvalue weighted by Crippen LogP contribution is -2.43. The van der Waals surface area contributed by atoms with Crippen LogP contribution in [0.4, 0.5) is 5.69 Å². The van der Waals surface area contributed by atoms with Crippen molar-refractivity contribution in [1.82, 2.24) is 5.32 Å². The van der Waals surface area contributed by atoms with Gasteiger partial charge in [0.25, 0.3) is 5.91 Å². The van der Waals surface area contributed by atoms with Gasteiger partial charge in [-0.3, -0.25) is 14.5 Å². The third-order valence-electron chi connectivity index (χ3n) is 4.87. The third kappa shape index (κ3) is 4.52. The molecular formula is C21H26N2O2S. The van der Waals surface area contributed by atoms with Gasteiger partial charge in [0.05, 0.1) is 4.88 Å². The van der Waals surface area contributed by atoms with Crippen LogP contribution in [0.3, 0.4) is 0 Å². The summed E-state index contributed by atoms with van der Waals surface area (Å²) in [4.78, 5) is 28.9. The van der Waals surface area contributed by atoms with E-state index >= 15 is 0 Å². The van der Waals surface area contributed by atoms with E-state index in [9.17, 15) is 9.59 Å². The molecule has 2 amide bonds. The summed E-state index contributed by atoms with van der Waals surface area (Å²) in [5.41, 5.74) is 1.98. The van der Waals surface area contributed by atoms with Gasteiger partial charge in [-0.25, -0.2) is 0 Å². The number of aryl methyl sites for hydroxylation is 2. The fourth-order valence-electron chi connectivity index (χ4n) is 3.36. The van der Waals surface area contributed by atoms with Crippen molar-refractivity contribution in [1.29, 1.82) is 0 Å². The molecule has 1 aromatic carbocycles. The van der Waals surface area contributed by atoms with Gasteiger partial charge in [0.15, 0.2) is 0 Å². The van der Waals surface area contributed by atoms with E-state index < -0.39 is 0 Å². The van der Waals surface area contributed by atoms with Gasteiger partial charge in [0, 0.05) is 16.6 Å². The van der Waals surface area contributed by atoms with Crippen molar-refractivity contribution in [2.24, 2.45) is 0 Å². The molecule has 0 aliphatic heterocycles. The monoisotopic (exact) mass is 370 g/mol. The zero-order chi connectivity index (χ0) is 18.5. The van der Waals surface area contributed by atoms with Gasteiger partial charge < -0.3 is 5.32 Å². The Labute approximate surface area is 159 Å². The van der Waals surface area contributed by atoms with Crippen molar-refractivity contribution >= 4 is 28.8 Å². The molecule has 1 aliphatic carbocycles. The summed E-state index contributed by atoms with van der Waals surface area (Å²) < 4.78 is 0. The summed E-state index contributed by atoms with van der Waals surface area (Å²) in [6.07, 6.45) is 5.35. The molecule has 1 aliphatic rings. The van der Waals surface area contributed by atoms with Gasteiger partial charge in [-0.15, -0.1) is 11.3 Å². The van der Waals surface area contributed by atoms with E-state index in [1.54, 1.807) is 4.90 Å². The van der Waals surface area contributed by atoms with Gasteiger partial charge in [-0.05, 0) is 56.0 Å². The molecule has 0 atom stereocenters. The lowest BCUT2D eigenvalue weighted by atomic mass is 10.1. The maximum atomic E-state index is 13.0. The molecule has 1 heterocycles. The van der Waals surface area contributed by atoms with Crippen LogP contribution >= 0.6 is 11.3 Å². The SMILES string of the molecule is CCc1ccc(N(CC(=O)NC2CCCC2)C(=O)c2ccc(C)s2)cc1. The Morgan fingerprint density at radius 2 is 1.81 bits per heavy atom. The van der Waals surface area contributed by atoms with Crippen molar-refractivity contribution in [2.45, 2.75) is 52.0 Å². The fourth-order valence-corrected chi connectivity index (χ4v) is 4.18. The Kier molecular flexibility index (Phi) is 6.09. The highest BCUT2D eigenvalue weighted by Crippen LogP contribution is 2.23. The summed E-state index contributed by atoms with van der Waals surface area (Å²) in [6, 6.07) is 11.9. The topological polar surface area (TPSA) is 49.4 Å². The van der Waals surface area contributed by atoms with Crippen LogP contribution in [0.2, 0.25) is 0 Å². The molecule has 138 valence electrons. The van der Waals surface area contributed by atoms with Crippen molar-refractivity contribution < 1.29 is 9.59 Å². The maximum Gasteiger partial charge on any atom is 0.268 e. The van der Waals surface area contributed by atoms with Crippen LogP contribution in [-0.2, 0) is 11.2 Å². The van der Waals surface area contributed by atoms with E-state index in [1.807, 2.05) is 43.3 Å². The second-order valence-corrected chi connectivity index (χ2v) is 8.16. The zero-order valence-corrected chi connectivity index (χ0v) is 16.3. The number of nitrogens with one attached hydrogen (secondary N) is 1. The number of carbonyl (C=O) groups excluding carboxylic acids is 2. The predicted octanol–water partition coefficient (Wildman–Crippen LogP) is 4.32. The highest BCUT2D eigenvalue weighted by molar-refractivity contribution is 7.14. The summed E-state index contributed by atoms with van der Waals surface area (Å²) in [5.74, 6) is -0.202. The van der Waals surface area contributed by atoms with Gasteiger partial charge in [-0.1, -0.05) is 31.9 Å². The van der Waals surface area contributed by atoms with Crippen LogP contribution in [0, 0.1) is 6.92 Å². The van der Waals surface area contributed by atoms with Crippen LogP contribution in [-0.4, -0.2) is 24.4 Å². The standard InChI is InChI=1S/C21H26N2O2S/c1-3-16-9-11-18(12-10-16)23(21(25)19-13-8-15(2)26-19)14-20(24)22-17-6-4-5-7-17/h8-13,17H,3-7,14H2,1-2H3,(H,22,24). The number of nitrogens with zero attached hydrogens (tertiary/aromatic N) is 1. The molecule has 0 unspecified atom stereocenters. The molecule has 0 bridgehead atoms. The molecule has 0 saturated heterocycles. The average molecular weight is 371 g/mol. The van der Waals surface area contributed by atoms with E-state index in [1.165, 1.54) is 29.7 Å². The van der Waals surface area contributed by atoms with Crippen LogP contribution in [0.25, 0.3) is 0 Å². The summed E-state index contributed by atoms with van der Waals surface area (Å²) in [6.45, 7) is 4.13. The Morgan fingerprint density at radius 1 is 1.12 bits per heavy atom.